The molecule has 7 nitrogen and oxygen atoms in total. The number of hydrogen-bond acceptors (Lipinski definition) is 4. The fourth-order valence-electron chi connectivity index (χ4n) is 2.60. The van der Waals surface area contributed by atoms with Crippen molar-refractivity contribution in [3.63, 3.8) is 0 Å². The third-order valence-corrected chi connectivity index (χ3v) is 4.47. The second-order valence-electron chi connectivity index (χ2n) is 6.49. The molecule has 3 rings (SSSR count). The molecule has 1 amide bonds. The Morgan fingerprint density at radius 1 is 1.46 bits per heavy atom. The molecule has 1 fully saturated rings. The van der Waals surface area contributed by atoms with Crippen LogP contribution in [0.1, 0.15) is 60.8 Å². The summed E-state index contributed by atoms with van der Waals surface area (Å²) in [5.74, 6) is 0.885. The van der Waals surface area contributed by atoms with Crippen LogP contribution >= 0.6 is 15.9 Å². The zero-order valence-corrected chi connectivity index (χ0v) is 15.4. The van der Waals surface area contributed by atoms with Gasteiger partial charge in [0.15, 0.2) is 5.82 Å². The first-order valence-corrected chi connectivity index (χ1v) is 8.77. The number of aryl methyl sites for hydroxylation is 1. The predicted molar refractivity (Wildman–Crippen MR) is 92.8 cm³/mol. The van der Waals surface area contributed by atoms with Crippen LogP contribution in [0.3, 0.4) is 0 Å². The van der Waals surface area contributed by atoms with Crippen LogP contribution in [-0.4, -0.2) is 25.7 Å². The molecule has 128 valence electrons. The Morgan fingerprint density at radius 2 is 2.17 bits per heavy atom. The highest BCUT2D eigenvalue weighted by Gasteiger charge is 2.28. The lowest BCUT2D eigenvalue weighted by atomic mass is 10.0. The van der Waals surface area contributed by atoms with Gasteiger partial charge in [0.1, 0.15) is 11.4 Å². The molecule has 24 heavy (non-hydrogen) atoms. The Morgan fingerprint density at radius 3 is 2.71 bits per heavy atom. The van der Waals surface area contributed by atoms with Crippen molar-refractivity contribution >= 4 is 21.8 Å². The van der Waals surface area contributed by atoms with Crippen LogP contribution < -0.4 is 10.9 Å². The number of halogens is 1. The van der Waals surface area contributed by atoms with E-state index in [0.29, 0.717) is 16.1 Å². The molecule has 2 N–H and O–H groups in total. The van der Waals surface area contributed by atoms with Crippen molar-refractivity contribution in [2.75, 3.05) is 0 Å². The van der Waals surface area contributed by atoms with Gasteiger partial charge in [0.05, 0.1) is 6.04 Å². The minimum absolute atomic E-state index is 0.0851. The van der Waals surface area contributed by atoms with Gasteiger partial charge in [-0.25, -0.2) is 4.98 Å². The van der Waals surface area contributed by atoms with Gasteiger partial charge in [-0.1, -0.05) is 13.8 Å². The fourth-order valence-corrected chi connectivity index (χ4v) is 3.05. The standard InChI is InChI=1S/C16H20BrN5O2/c1-8(2)13(14-18-9(3)20-21-14)19-15(23)12-6-10(17)7-22(16(12)24)11-4-5-11/h6-8,11,13H,4-5H2,1-3H3,(H,19,23)(H,18,20,21). The summed E-state index contributed by atoms with van der Waals surface area (Å²) in [6, 6.07) is 1.41. The number of carbonyl (C=O) groups is 1. The number of nitrogens with zero attached hydrogens (tertiary/aromatic N) is 3. The Labute approximate surface area is 148 Å². The topological polar surface area (TPSA) is 92.7 Å². The summed E-state index contributed by atoms with van der Waals surface area (Å²) in [4.78, 5) is 29.6. The smallest absolute Gasteiger partial charge is 0.263 e. The molecule has 0 aromatic carbocycles. The Bertz CT molecular complexity index is 822. The summed E-state index contributed by atoms with van der Waals surface area (Å²) < 4.78 is 2.36. The third kappa shape index (κ3) is 3.43. The number of carbonyl (C=O) groups excluding carboxylic acids is 1. The van der Waals surface area contributed by atoms with E-state index < -0.39 is 5.91 Å². The number of hydrogen-bond donors (Lipinski definition) is 2. The van der Waals surface area contributed by atoms with E-state index in [1.165, 1.54) is 0 Å². The van der Waals surface area contributed by atoms with Crippen LogP contribution in [0.25, 0.3) is 0 Å². The van der Waals surface area contributed by atoms with Gasteiger partial charge in [-0.2, -0.15) is 5.10 Å². The van der Waals surface area contributed by atoms with Crippen molar-refractivity contribution in [2.24, 2.45) is 5.92 Å². The molecule has 0 bridgehead atoms. The van der Waals surface area contributed by atoms with Crippen molar-refractivity contribution < 1.29 is 4.79 Å². The van der Waals surface area contributed by atoms with Crippen LogP contribution in [0.15, 0.2) is 21.5 Å². The number of pyridine rings is 1. The number of aromatic nitrogens is 4. The molecular weight excluding hydrogens is 374 g/mol. The SMILES string of the molecule is Cc1nc(C(NC(=O)c2cc(Br)cn(C3CC3)c2=O)C(C)C)n[nH]1. The van der Waals surface area contributed by atoms with Crippen LogP contribution in [-0.2, 0) is 0 Å². The van der Waals surface area contributed by atoms with Crippen LogP contribution in [0.5, 0.6) is 0 Å². The molecule has 0 saturated heterocycles. The van der Waals surface area contributed by atoms with Gasteiger partial charge >= 0.3 is 0 Å². The Kier molecular flexibility index (Phi) is 4.58. The van der Waals surface area contributed by atoms with Gasteiger partial charge < -0.3 is 9.88 Å². The molecule has 2 aromatic rings. The fraction of sp³-hybridized carbons (Fsp3) is 0.500. The number of aromatic amines is 1. The molecule has 2 heterocycles. The maximum atomic E-state index is 12.7. The zero-order chi connectivity index (χ0) is 17.4. The van der Waals surface area contributed by atoms with E-state index in [1.54, 1.807) is 23.8 Å². The quantitative estimate of drug-likeness (QED) is 0.815. The maximum Gasteiger partial charge on any atom is 0.263 e. The van der Waals surface area contributed by atoms with Crippen molar-refractivity contribution in [2.45, 2.75) is 45.7 Å². The van der Waals surface area contributed by atoms with Gasteiger partial charge in [-0.3, -0.25) is 14.7 Å². The zero-order valence-electron chi connectivity index (χ0n) is 13.8. The van der Waals surface area contributed by atoms with Crippen molar-refractivity contribution in [3.05, 3.63) is 44.3 Å². The second kappa shape index (κ2) is 6.51. The average molecular weight is 394 g/mol. The minimum atomic E-state index is -0.406. The lowest BCUT2D eigenvalue weighted by molar-refractivity contribution is 0.0921. The van der Waals surface area contributed by atoms with E-state index in [4.69, 9.17) is 0 Å². The first-order valence-electron chi connectivity index (χ1n) is 7.98. The third-order valence-electron chi connectivity index (χ3n) is 4.04. The van der Waals surface area contributed by atoms with E-state index in [1.807, 2.05) is 13.8 Å². The molecule has 1 aliphatic carbocycles. The van der Waals surface area contributed by atoms with Gasteiger partial charge in [0, 0.05) is 16.7 Å². The van der Waals surface area contributed by atoms with Crippen LogP contribution in [0, 0.1) is 12.8 Å². The van der Waals surface area contributed by atoms with Gasteiger partial charge in [-0.05, 0) is 47.7 Å². The van der Waals surface area contributed by atoms with Crippen LogP contribution in [0.4, 0.5) is 0 Å². The normalized spacial score (nSPS) is 15.5. The number of amides is 1. The molecule has 0 spiro atoms. The molecule has 0 aliphatic heterocycles. The number of nitrogens with one attached hydrogen (secondary N) is 2. The molecule has 1 aliphatic rings. The van der Waals surface area contributed by atoms with Crippen molar-refractivity contribution in [3.8, 4) is 0 Å². The highest BCUT2D eigenvalue weighted by Crippen LogP contribution is 2.34. The highest BCUT2D eigenvalue weighted by atomic mass is 79.9. The van der Waals surface area contributed by atoms with Crippen LogP contribution in [0.2, 0.25) is 0 Å². The molecule has 1 unspecified atom stereocenters. The first-order chi connectivity index (χ1) is 11.4. The lowest BCUT2D eigenvalue weighted by Crippen LogP contribution is -2.37. The summed E-state index contributed by atoms with van der Waals surface area (Å²) in [5.41, 5.74) is -0.124. The van der Waals surface area contributed by atoms with E-state index >= 15 is 0 Å². The highest BCUT2D eigenvalue weighted by molar-refractivity contribution is 9.10. The van der Waals surface area contributed by atoms with Gasteiger partial charge in [0.2, 0.25) is 0 Å². The number of rotatable bonds is 5. The summed E-state index contributed by atoms with van der Waals surface area (Å²) in [6.45, 7) is 5.75. The van der Waals surface area contributed by atoms with Crippen molar-refractivity contribution in [1.29, 1.82) is 0 Å². The molecule has 1 saturated carbocycles. The Balaban J connectivity index is 1.89. The summed E-state index contributed by atoms with van der Waals surface area (Å²) in [7, 11) is 0. The molecule has 1 atom stereocenters. The van der Waals surface area contributed by atoms with E-state index in [0.717, 1.165) is 12.8 Å². The largest absolute Gasteiger partial charge is 0.341 e. The van der Waals surface area contributed by atoms with E-state index in [9.17, 15) is 9.59 Å². The Hall–Kier alpha value is -1.96. The van der Waals surface area contributed by atoms with Gasteiger partial charge in [0.25, 0.3) is 11.5 Å². The molecule has 0 radical (unpaired) electrons. The van der Waals surface area contributed by atoms with E-state index in [2.05, 4.69) is 36.4 Å². The number of H-pyrrole nitrogens is 1. The molecular formula is C16H20BrN5O2. The van der Waals surface area contributed by atoms with E-state index in [-0.39, 0.29) is 29.1 Å². The second-order valence-corrected chi connectivity index (χ2v) is 7.41. The van der Waals surface area contributed by atoms with Crippen molar-refractivity contribution in [1.82, 2.24) is 25.1 Å². The first kappa shape index (κ1) is 16.9. The molecule has 8 heteroatoms. The summed E-state index contributed by atoms with van der Waals surface area (Å²) >= 11 is 3.39. The monoisotopic (exact) mass is 393 g/mol. The summed E-state index contributed by atoms with van der Waals surface area (Å²) in [5, 5.41) is 9.82. The lowest BCUT2D eigenvalue weighted by Gasteiger charge is -2.19. The van der Waals surface area contributed by atoms with Gasteiger partial charge in [-0.15, -0.1) is 0 Å². The summed E-state index contributed by atoms with van der Waals surface area (Å²) in [6.07, 6.45) is 3.69. The molecule has 2 aromatic heterocycles. The minimum Gasteiger partial charge on any atom is -0.341 e. The maximum absolute atomic E-state index is 12.7. The predicted octanol–water partition coefficient (Wildman–Crippen LogP) is 2.50. The average Bonchev–Trinajstić information content (AvgIpc) is 3.28.